The third-order valence-electron chi connectivity index (χ3n) is 6.89. The molecule has 5 rings (SSSR count). The molecule has 1 unspecified atom stereocenters. The Labute approximate surface area is 251 Å². The van der Waals surface area contributed by atoms with Gasteiger partial charge in [0.15, 0.2) is 6.17 Å². The van der Waals surface area contributed by atoms with Gasteiger partial charge in [-0.1, -0.05) is 53.6 Å². The van der Waals surface area contributed by atoms with Crippen LogP contribution >= 0.6 is 35.4 Å². The van der Waals surface area contributed by atoms with E-state index in [-0.39, 0.29) is 5.91 Å². The van der Waals surface area contributed by atoms with Gasteiger partial charge >= 0.3 is 0 Å². The second-order valence-corrected chi connectivity index (χ2v) is 10.5. The maximum Gasteiger partial charge on any atom is 0.266 e. The summed E-state index contributed by atoms with van der Waals surface area (Å²) in [5, 5.41) is 4.09. The highest BCUT2D eigenvalue weighted by Crippen LogP contribution is 2.31. The van der Waals surface area contributed by atoms with Crippen molar-refractivity contribution >= 4 is 69.6 Å². The molecule has 7 nitrogen and oxygen atoms in total. The number of benzene rings is 3. The quantitative estimate of drug-likeness (QED) is 0.388. The lowest BCUT2D eigenvalue weighted by Gasteiger charge is -2.29. The predicted octanol–water partition coefficient (Wildman–Crippen LogP) is 5.58. The first-order valence-electron chi connectivity index (χ1n) is 12.9. The van der Waals surface area contributed by atoms with Crippen LogP contribution in [0.25, 0.3) is 0 Å². The predicted molar refractivity (Wildman–Crippen MR) is 171 cm³/mol. The molecular weight excluding hydrogens is 565 g/mol. The number of carbonyl (C=O) groups excluding carboxylic acids is 1. The Kier molecular flexibility index (Phi) is 10.2. The number of halogens is 2. The number of aryl methyl sites for hydroxylation is 1. The highest BCUT2D eigenvalue weighted by atomic mass is 35.5. The number of likely N-dealkylation sites (N-methyl/N-ethyl adjacent to an activating group) is 2. The average molecular weight is 599 g/mol. The van der Waals surface area contributed by atoms with Crippen LogP contribution in [0.1, 0.15) is 16.7 Å². The monoisotopic (exact) mass is 597 g/mol. The summed E-state index contributed by atoms with van der Waals surface area (Å²) in [7, 11) is 5.40. The summed E-state index contributed by atoms with van der Waals surface area (Å²) in [6.45, 7) is 5.71. The van der Waals surface area contributed by atoms with Crippen LogP contribution in [0.4, 0.5) is 17.1 Å². The van der Waals surface area contributed by atoms with E-state index in [9.17, 15) is 4.79 Å². The van der Waals surface area contributed by atoms with Crippen LogP contribution in [0.3, 0.4) is 0 Å². The van der Waals surface area contributed by atoms with Crippen LogP contribution in [0.5, 0.6) is 0 Å². The lowest BCUT2D eigenvalue weighted by atomic mass is 10.00. The van der Waals surface area contributed by atoms with Gasteiger partial charge in [0.05, 0.1) is 30.1 Å². The van der Waals surface area contributed by atoms with E-state index in [1.165, 1.54) is 11.3 Å². The molecule has 0 aliphatic carbocycles. The largest absolute Gasteiger partial charge is 0.378 e. The highest BCUT2D eigenvalue weighted by molar-refractivity contribution is 7.79. The number of aliphatic imine (C=N–C) groups is 1. The molecule has 1 fully saturated rings. The molecule has 1 atom stereocenters. The summed E-state index contributed by atoms with van der Waals surface area (Å²) in [5.74, 6) is -0.141. The zero-order valence-electron chi connectivity index (χ0n) is 23.0. The molecule has 0 spiro atoms. The summed E-state index contributed by atoms with van der Waals surface area (Å²) in [4.78, 5) is 23.1. The number of nitrogens with one attached hydrogen (secondary N) is 1. The number of ether oxygens (including phenoxy) is 1. The molecule has 1 amide bonds. The van der Waals surface area contributed by atoms with Crippen LogP contribution in [-0.2, 0) is 9.53 Å². The molecule has 2 aliphatic heterocycles. The molecular formula is C30H33Cl2N5O2S. The summed E-state index contributed by atoms with van der Waals surface area (Å²) in [5.41, 5.74) is 8.28. The number of amides is 1. The summed E-state index contributed by atoms with van der Waals surface area (Å²) in [6.07, 6.45) is -0.683. The molecule has 40 heavy (non-hydrogen) atoms. The molecule has 10 heteroatoms. The van der Waals surface area contributed by atoms with Gasteiger partial charge in [-0.15, -0.1) is 0 Å². The molecule has 2 aliphatic rings. The topological polar surface area (TPSA) is 60.4 Å². The number of hydrogen-bond donors (Lipinski definition) is 1. The number of carbonyl (C=O) groups is 1. The van der Waals surface area contributed by atoms with Crippen molar-refractivity contribution in [1.82, 2.24) is 5.32 Å². The molecule has 210 valence electrons. The molecule has 0 aromatic heterocycles. The second kappa shape index (κ2) is 13.6. The van der Waals surface area contributed by atoms with Gasteiger partial charge in [0.2, 0.25) is 0 Å². The van der Waals surface area contributed by atoms with Gasteiger partial charge in [-0.05, 0) is 62.0 Å². The minimum atomic E-state index is -0.683. The third-order valence-corrected chi connectivity index (χ3v) is 7.78. The third kappa shape index (κ3) is 6.65. The van der Waals surface area contributed by atoms with Crippen LogP contribution in [-0.4, -0.2) is 70.7 Å². The maximum absolute atomic E-state index is 12.6. The van der Waals surface area contributed by atoms with Crippen molar-refractivity contribution < 1.29 is 9.53 Å². The van der Waals surface area contributed by atoms with Gasteiger partial charge in [0.25, 0.3) is 5.91 Å². The van der Waals surface area contributed by atoms with E-state index in [0.29, 0.717) is 15.8 Å². The Morgan fingerprint density at radius 3 is 2.45 bits per heavy atom. The molecule has 1 N–H and O–H groups in total. The lowest BCUT2D eigenvalue weighted by Crippen LogP contribution is -2.41. The van der Waals surface area contributed by atoms with Gasteiger partial charge < -0.3 is 19.4 Å². The zero-order chi connectivity index (χ0) is 28.8. The number of fused-ring (bicyclic) bond motifs is 1. The smallest absolute Gasteiger partial charge is 0.266 e. The van der Waals surface area contributed by atoms with Gasteiger partial charge in [0, 0.05) is 59.7 Å². The van der Waals surface area contributed by atoms with Crippen LogP contribution in [0, 0.1) is 6.92 Å². The number of morpholine rings is 1. The number of benzodiazepines with no additional fused rings is 1. The minimum absolute atomic E-state index is 0.141. The molecule has 2 heterocycles. The van der Waals surface area contributed by atoms with Crippen LogP contribution in [0.15, 0.2) is 65.7 Å². The Morgan fingerprint density at radius 2 is 1.80 bits per heavy atom. The molecule has 3 aromatic rings. The molecule has 3 aromatic carbocycles. The molecule has 1 saturated heterocycles. The standard InChI is InChI=1S/C17H15Cl2N3O.C13H18N2OS/c1-20-16-17(23)22(2)14-8-7-10(18)9-12(14)15(21-16)11-5-3-4-6-13(11)19;1-11-9-12(15-5-7-16-8-6-15)3-4-13(11)14(2)10-17/h3-9,16,20H,1-2H3;3-4,9-10H,5-8H2,1-2H3. The first kappa shape index (κ1) is 30.0. The Morgan fingerprint density at radius 1 is 1.07 bits per heavy atom. The Balaban J connectivity index is 0.000000194. The van der Waals surface area contributed by atoms with E-state index in [4.69, 9.17) is 40.2 Å². The van der Waals surface area contributed by atoms with E-state index >= 15 is 0 Å². The van der Waals surface area contributed by atoms with Crippen molar-refractivity contribution in [2.24, 2.45) is 4.99 Å². The van der Waals surface area contributed by atoms with Crippen LogP contribution in [0.2, 0.25) is 10.0 Å². The minimum Gasteiger partial charge on any atom is -0.378 e. The van der Waals surface area contributed by atoms with E-state index in [0.717, 1.165) is 48.8 Å². The highest BCUT2D eigenvalue weighted by Gasteiger charge is 2.29. The van der Waals surface area contributed by atoms with Crippen molar-refractivity contribution in [3.8, 4) is 0 Å². The Bertz CT molecular complexity index is 1410. The fraction of sp³-hybridized carbons (Fsp3) is 0.300. The normalized spacial score (nSPS) is 16.8. The molecule has 0 saturated carbocycles. The summed E-state index contributed by atoms with van der Waals surface area (Å²) in [6, 6.07) is 19.3. The fourth-order valence-electron chi connectivity index (χ4n) is 4.71. The van der Waals surface area contributed by atoms with Crippen molar-refractivity contribution in [2.45, 2.75) is 13.1 Å². The second-order valence-electron chi connectivity index (χ2n) is 9.49. The van der Waals surface area contributed by atoms with Crippen molar-refractivity contribution in [1.29, 1.82) is 0 Å². The summed E-state index contributed by atoms with van der Waals surface area (Å²) < 4.78 is 5.36. The number of anilines is 3. The van der Waals surface area contributed by atoms with Crippen molar-refractivity contribution in [2.75, 3.05) is 62.1 Å². The van der Waals surface area contributed by atoms with E-state index in [1.54, 1.807) is 42.7 Å². The Hall–Kier alpha value is -3.01. The average Bonchev–Trinajstić information content (AvgIpc) is 3.07. The zero-order valence-corrected chi connectivity index (χ0v) is 25.4. The van der Waals surface area contributed by atoms with Gasteiger partial charge in [-0.3, -0.25) is 15.1 Å². The van der Waals surface area contributed by atoms with Gasteiger partial charge in [0.1, 0.15) is 0 Å². The van der Waals surface area contributed by atoms with Crippen molar-refractivity contribution in [3.05, 3.63) is 87.4 Å². The van der Waals surface area contributed by atoms with Crippen molar-refractivity contribution in [3.63, 3.8) is 0 Å². The SMILES string of the molecule is CNC1N=C(c2ccccc2Cl)c2cc(Cl)ccc2N(C)C1=O.Cc1cc(N2CCOCC2)ccc1N(C)C=S. The maximum atomic E-state index is 12.6. The van der Waals surface area contributed by atoms with Gasteiger partial charge in [-0.2, -0.15) is 0 Å². The lowest BCUT2D eigenvalue weighted by molar-refractivity contribution is -0.119. The van der Waals surface area contributed by atoms with E-state index < -0.39 is 6.17 Å². The number of hydrogen-bond acceptors (Lipinski definition) is 6. The molecule has 0 radical (unpaired) electrons. The summed E-state index contributed by atoms with van der Waals surface area (Å²) >= 11 is 17.5. The number of thiocarbonyl (C=S) groups is 1. The first-order valence-corrected chi connectivity index (χ1v) is 14.2. The number of nitrogens with zero attached hydrogens (tertiary/aromatic N) is 4. The van der Waals surface area contributed by atoms with Gasteiger partial charge in [-0.25, -0.2) is 0 Å². The van der Waals surface area contributed by atoms with E-state index in [1.807, 2.05) is 36.2 Å². The number of rotatable bonds is 5. The fourth-order valence-corrected chi connectivity index (χ4v) is 5.22. The molecule has 0 bridgehead atoms. The van der Waals surface area contributed by atoms with E-state index in [2.05, 4.69) is 40.3 Å². The van der Waals surface area contributed by atoms with Crippen LogP contribution < -0.4 is 20.0 Å². The first-order chi connectivity index (χ1) is 19.2.